The molecule has 3 aromatic rings. The first-order chi connectivity index (χ1) is 15.0. The van der Waals surface area contributed by atoms with Crippen molar-refractivity contribution in [2.24, 2.45) is 5.92 Å². The molecule has 4 rings (SSSR count). The lowest BCUT2D eigenvalue weighted by Gasteiger charge is -2.27. The fraction of sp³-hybridized carbons (Fsp3) is 0.440. The number of nitrogens with zero attached hydrogens (tertiary/aromatic N) is 2. The first-order valence-electron chi connectivity index (χ1n) is 11.0. The molecule has 1 N–H and O–H groups in total. The van der Waals surface area contributed by atoms with Crippen molar-refractivity contribution in [1.29, 1.82) is 0 Å². The first-order valence-corrected chi connectivity index (χ1v) is 11.0. The Labute approximate surface area is 182 Å². The Bertz CT molecular complexity index is 1020. The van der Waals surface area contributed by atoms with E-state index in [2.05, 4.69) is 12.1 Å². The Morgan fingerprint density at radius 2 is 1.90 bits per heavy atom. The number of imidazole rings is 1. The summed E-state index contributed by atoms with van der Waals surface area (Å²) in [5, 5.41) is 9.54. The average Bonchev–Trinajstić information content (AvgIpc) is 3.17. The van der Waals surface area contributed by atoms with Gasteiger partial charge in [0.25, 0.3) is 0 Å². The van der Waals surface area contributed by atoms with Crippen molar-refractivity contribution in [3.05, 3.63) is 65.6 Å². The standard InChI is InChI=1S/C25H30N2O4/c1-17(2)31-23-12-24-26-22(14-27(24)13-21(23)25(28)29)20-10-8-19(9-11-20)16-30-15-18-6-4-3-5-7-18/h3-7,12-14,17,19-20H,8-11,15-16H2,1-2H3,(H,28,29). The topological polar surface area (TPSA) is 73.1 Å². The molecule has 2 heterocycles. The number of hydrogen-bond acceptors (Lipinski definition) is 4. The van der Waals surface area contributed by atoms with E-state index in [1.54, 1.807) is 16.7 Å². The maximum atomic E-state index is 11.6. The zero-order valence-corrected chi connectivity index (χ0v) is 18.2. The van der Waals surface area contributed by atoms with E-state index in [9.17, 15) is 9.90 Å². The van der Waals surface area contributed by atoms with Crippen molar-refractivity contribution in [1.82, 2.24) is 9.38 Å². The Hall–Kier alpha value is -2.86. The van der Waals surface area contributed by atoms with Crippen LogP contribution in [0.4, 0.5) is 0 Å². The summed E-state index contributed by atoms with van der Waals surface area (Å²) >= 11 is 0. The summed E-state index contributed by atoms with van der Waals surface area (Å²) in [6, 6.07) is 12.0. The normalized spacial score (nSPS) is 19.1. The van der Waals surface area contributed by atoms with Gasteiger partial charge >= 0.3 is 5.97 Å². The minimum Gasteiger partial charge on any atom is -0.490 e. The highest BCUT2D eigenvalue weighted by Crippen LogP contribution is 2.36. The van der Waals surface area contributed by atoms with Crippen LogP contribution in [0.1, 0.15) is 67.1 Å². The molecule has 1 aromatic carbocycles. The van der Waals surface area contributed by atoms with E-state index in [1.807, 2.05) is 38.2 Å². The molecule has 0 radical (unpaired) electrons. The SMILES string of the molecule is CC(C)Oc1cc2nc(C3CCC(COCc4ccccc4)CC3)cn2cc1C(=O)O. The summed E-state index contributed by atoms with van der Waals surface area (Å²) in [4.78, 5) is 16.4. The zero-order chi connectivity index (χ0) is 21.8. The summed E-state index contributed by atoms with van der Waals surface area (Å²) in [7, 11) is 0. The third-order valence-electron chi connectivity index (χ3n) is 5.90. The molecule has 2 aromatic heterocycles. The predicted molar refractivity (Wildman–Crippen MR) is 119 cm³/mol. The Morgan fingerprint density at radius 3 is 2.58 bits per heavy atom. The van der Waals surface area contributed by atoms with Crippen LogP contribution in [0, 0.1) is 5.92 Å². The van der Waals surface area contributed by atoms with Gasteiger partial charge in [-0.25, -0.2) is 9.78 Å². The van der Waals surface area contributed by atoms with Gasteiger partial charge in [-0.1, -0.05) is 30.3 Å². The quantitative estimate of drug-likeness (QED) is 0.532. The molecule has 0 spiro atoms. The van der Waals surface area contributed by atoms with Crippen molar-refractivity contribution in [2.75, 3.05) is 6.61 Å². The van der Waals surface area contributed by atoms with Crippen LogP contribution in [0.15, 0.2) is 48.8 Å². The van der Waals surface area contributed by atoms with Crippen LogP contribution >= 0.6 is 0 Å². The second kappa shape index (κ2) is 9.52. The number of fused-ring (bicyclic) bond motifs is 1. The molecule has 31 heavy (non-hydrogen) atoms. The van der Waals surface area contributed by atoms with Gasteiger partial charge in [0.2, 0.25) is 0 Å². The second-order valence-corrected chi connectivity index (χ2v) is 8.67. The van der Waals surface area contributed by atoms with Crippen molar-refractivity contribution >= 4 is 11.6 Å². The number of aromatic carboxylic acids is 1. The highest BCUT2D eigenvalue weighted by Gasteiger charge is 2.25. The van der Waals surface area contributed by atoms with Gasteiger partial charge in [0.05, 0.1) is 18.4 Å². The summed E-state index contributed by atoms with van der Waals surface area (Å²) in [5.74, 6) is 0.352. The minimum absolute atomic E-state index is 0.102. The molecule has 1 saturated carbocycles. The van der Waals surface area contributed by atoms with Crippen LogP contribution < -0.4 is 4.74 Å². The van der Waals surface area contributed by atoms with Crippen molar-refractivity contribution < 1.29 is 19.4 Å². The predicted octanol–water partition coefficient (Wildman–Crippen LogP) is 5.31. The zero-order valence-electron chi connectivity index (χ0n) is 18.2. The fourth-order valence-corrected chi connectivity index (χ4v) is 4.29. The molecule has 0 aliphatic heterocycles. The van der Waals surface area contributed by atoms with Crippen LogP contribution in [0.5, 0.6) is 5.75 Å². The molecule has 6 heteroatoms. The lowest BCUT2D eigenvalue weighted by molar-refractivity contribution is 0.0690. The van der Waals surface area contributed by atoms with Crippen LogP contribution in [-0.4, -0.2) is 33.2 Å². The Morgan fingerprint density at radius 1 is 1.16 bits per heavy atom. The number of benzene rings is 1. The van der Waals surface area contributed by atoms with Gasteiger partial charge in [0.1, 0.15) is 17.0 Å². The van der Waals surface area contributed by atoms with Crippen LogP contribution in [0.25, 0.3) is 5.65 Å². The van der Waals surface area contributed by atoms with Crippen molar-refractivity contribution in [2.45, 2.75) is 58.2 Å². The van der Waals surface area contributed by atoms with Gasteiger partial charge in [-0.3, -0.25) is 0 Å². The van der Waals surface area contributed by atoms with E-state index in [1.165, 1.54) is 5.56 Å². The van der Waals surface area contributed by atoms with Crippen LogP contribution in [-0.2, 0) is 11.3 Å². The average molecular weight is 423 g/mol. The number of aromatic nitrogens is 2. The molecule has 1 aliphatic rings. The number of hydrogen-bond donors (Lipinski definition) is 1. The second-order valence-electron chi connectivity index (χ2n) is 8.67. The lowest BCUT2D eigenvalue weighted by atomic mass is 9.81. The highest BCUT2D eigenvalue weighted by atomic mass is 16.5. The molecule has 0 amide bonds. The number of rotatable bonds is 8. The largest absolute Gasteiger partial charge is 0.490 e. The van der Waals surface area contributed by atoms with Crippen LogP contribution in [0.3, 0.4) is 0 Å². The molecule has 0 unspecified atom stereocenters. The summed E-state index contributed by atoms with van der Waals surface area (Å²) < 4.78 is 13.5. The fourth-order valence-electron chi connectivity index (χ4n) is 4.29. The molecule has 1 fully saturated rings. The molecule has 6 nitrogen and oxygen atoms in total. The van der Waals surface area contributed by atoms with E-state index in [-0.39, 0.29) is 11.7 Å². The van der Waals surface area contributed by atoms with Gasteiger partial charge in [-0.15, -0.1) is 0 Å². The highest BCUT2D eigenvalue weighted by molar-refractivity contribution is 5.91. The Balaban J connectivity index is 1.37. The van der Waals surface area contributed by atoms with Gasteiger partial charge in [-0.2, -0.15) is 0 Å². The lowest BCUT2D eigenvalue weighted by Crippen LogP contribution is -2.18. The molecule has 1 aliphatic carbocycles. The van der Waals surface area contributed by atoms with E-state index >= 15 is 0 Å². The van der Waals surface area contributed by atoms with E-state index in [0.717, 1.165) is 43.6 Å². The molecule has 0 atom stereocenters. The van der Waals surface area contributed by atoms with Gasteiger partial charge in [0, 0.05) is 31.0 Å². The monoisotopic (exact) mass is 422 g/mol. The number of ether oxygens (including phenoxy) is 2. The first kappa shape index (κ1) is 21.4. The number of carbonyl (C=O) groups is 1. The third-order valence-corrected chi connectivity index (χ3v) is 5.90. The van der Waals surface area contributed by atoms with Gasteiger partial charge in [0.15, 0.2) is 0 Å². The van der Waals surface area contributed by atoms with Crippen molar-refractivity contribution in [3.8, 4) is 5.75 Å². The molecule has 0 saturated heterocycles. The van der Waals surface area contributed by atoms with E-state index in [4.69, 9.17) is 14.5 Å². The number of carboxylic acids is 1. The molecular weight excluding hydrogens is 392 g/mol. The minimum atomic E-state index is -0.996. The molecular formula is C25H30N2O4. The third kappa shape index (κ3) is 5.25. The van der Waals surface area contributed by atoms with Gasteiger partial charge < -0.3 is 19.0 Å². The number of pyridine rings is 1. The maximum absolute atomic E-state index is 11.6. The number of carboxylic acid groups (broad SMARTS) is 1. The summed E-state index contributed by atoms with van der Waals surface area (Å²) in [6.45, 7) is 5.23. The van der Waals surface area contributed by atoms with Crippen LogP contribution in [0.2, 0.25) is 0 Å². The van der Waals surface area contributed by atoms with E-state index in [0.29, 0.717) is 24.2 Å². The Kier molecular flexibility index (Phi) is 6.56. The summed E-state index contributed by atoms with van der Waals surface area (Å²) in [6.07, 6.45) is 7.86. The van der Waals surface area contributed by atoms with Gasteiger partial charge in [-0.05, 0) is 51.0 Å². The maximum Gasteiger partial charge on any atom is 0.341 e. The molecule has 164 valence electrons. The smallest absolute Gasteiger partial charge is 0.341 e. The molecule has 0 bridgehead atoms. The van der Waals surface area contributed by atoms with Crippen molar-refractivity contribution in [3.63, 3.8) is 0 Å². The van der Waals surface area contributed by atoms with E-state index < -0.39 is 5.97 Å². The summed E-state index contributed by atoms with van der Waals surface area (Å²) in [5.41, 5.74) is 3.12.